The molecule has 1 aromatic carbocycles. The van der Waals surface area contributed by atoms with Gasteiger partial charge in [0, 0.05) is 31.0 Å². The summed E-state index contributed by atoms with van der Waals surface area (Å²) in [7, 11) is 0. The number of piperidine rings is 1. The van der Waals surface area contributed by atoms with Gasteiger partial charge in [0.05, 0.1) is 11.6 Å². The number of aromatic nitrogens is 4. The maximum atomic E-state index is 12.7. The van der Waals surface area contributed by atoms with E-state index in [1.807, 2.05) is 30.3 Å². The maximum Gasteiger partial charge on any atom is 0.274 e. The van der Waals surface area contributed by atoms with E-state index in [2.05, 4.69) is 27.0 Å². The average Bonchev–Trinajstić information content (AvgIpc) is 3.20. The molecule has 26 heavy (non-hydrogen) atoms. The number of benzene rings is 1. The molecule has 0 radical (unpaired) electrons. The Morgan fingerprint density at radius 3 is 2.85 bits per heavy atom. The minimum atomic E-state index is -0.379. The number of nitrogens with zero attached hydrogens (tertiary/aromatic N) is 5. The molecule has 1 saturated heterocycles. The first-order chi connectivity index (χ1) is 12.7. The van der Waals surface area contributed by atoms with Gasteiger partial charge in [0.1, 0.15) is 5.69 Å². The molecule has 0 unspecified atom stereocenters. The summed E-state index contributed by atoms with van der Waals surface area (Å²) in [6.07, 6.45) is 6.33. The van der Waals surface area contributed by atoms with Crippen LogP contribution in [0.2, 0.25) is 0 Å². The Bertz CT molecular complexity index is 897. The number of likely N-dealkylation sites (tertiary alicyclic amines) is 1. The van der Waals surface area contributed by atoms with Crippen molar-refractivity contribution in [2.24, 2.45) is 0 Å². The van der Waals surface area contributed by atoms with Gasteiger partial charge < -0.3 is 9.42 Å². The van der Waals surface area contributed by atoms with Gasteiger partial charge in [-0.2, -0.15) is 4.98 Å². The van der Waals surface area contributed by atoms with Gasteiger partial charge in [-0.15, -0.1) is 0 Å². The third-order valence-corrected chi connectivity index (χ3v) is 4.74. The zero-order chi connectivity index (χ0) is 18.0. The Balaban J connectivity index is 1.56. The molecule has 0 aliphatic carbocycles. The van der Waals surface area contributed by atoms with E-state index in [9.17, 15) is 4.79 Å². The van der Waals surface area contributed by atoms with Crippen molar-refractivity contribution in [1.29, 1.82) is 0 Å². The van der Waals surface area contributed by atoms with Crippen molar-refractivity contribution in [3.05, 3.63) is 60.5 Å². The molecule has 3 aromatic rings. The molecule has 4 rings (SSSR count). The highest BCUT2D eigenvalue weighted by molar-refractivity contribution is 5.92. The summed E-state index contributed by atoms with van der Waals surface area (Å²) >= 11 is 0. The Morgan fingerprint density at radius 2 is 2.08 bits per heavy atom. The number of hydrogen-bond donors (Lipinski definition) is 0. The lowest BCUT2D eigenvalue weighted by Gasteiger charge is -2.37. The maximum absolute atomic E-state index is 12.7. The largest absolute Gasteiger partial charge is 0.338 e. The normalized spacial score (nSPS) is 20.1. The highest BCUT2D eigenvalue weighted by Gasteiger charge is 2.39. The predicted molar refractivity (Wildman–Crippen MR) is 94.3 cm³/mol. The fraction of sp³-hybridized carbons (Fsp3) is 0.316. The number of amides is 1. The van der Waals surface area contributed by atoms with Crippen LogP contribution in [0, 0.1) is 0 Å². The van der Waals surface area contributed by atoms with E-state index in [0.29, 0.717) is 30.5 Å². The van der Waals surface area contributed by atoms with Crippen LogP contribution in [0.15, 0.2) is 53.4 Å². The first-order valence-corrected chi connectivity index (χ1v) is 8.61. The molecule has 3 heterocycles. The molecule has 0 spiro atoms. The van der Waals surface area contributed by atoms with E-state index >= 15 is 0 Å². The molecule has 1 aliphatic heterocycles. The van der Waals surface area contributed by atoms with Crippen molar-refractivity contribution in [2.45, 2.75) is 25.2 Å². The fourth-order valence-corrected chi connectivity index (χ4v) is 3.33. The Kier molecular flexibility index (Phi) is 4.20. The quantitative estimate of drug-likeness (QED) is 0.723. The van der Waals surface area contributed by atoms with Gasteiger partial charge in [-0.25, -0.2) is 4.98 Å². The number of rotatable bonds is 3. The lowest BCUT2D eigenvalue weighted by Crippen LogP contribution is -2.47. The van der Waals surface area contributed by atoms with Gasteiger partial charge in [-0.3, -0.25) is 9.78 Å². The number of carbonyl (C=O) groups is 1. The highest BCUT2D eigenvalue weighted by atomic mass is 16.5. The molecule has 0 N–H and O–H groups in total. The summed E-state index contributed by atoms with van der Waals surface area (Å²) in [5.41, 5.74) is 0.887. The lowest BCUT2D eigenvalue weighted by molar-refractivity contribution is 0.0613. The van der Waals surface area contributed by atoms with Gasteiger partial charge in [-0.1, -0.05) is 35.5 Å². The second-order valence-corrected chi connectivity index (χ2v) is 6.77. The van der Waals surface area contributed by atoms with E-state index < -0.39 is 0 Å². The monoisotopic (exact) mass is 349 g/mol. The van der Waals surface area contributed by atoms with Gasteiger partial charge in [0.25, 0.3) is 5.91 Å². The molecule has 7 nitrogen and oxygen atoms in total. The van der Waals surface area contributed by atoms with Crippen molar-refractivity contribution in [1.82, 2.24) is 25.0 Å². The van der Waals surface area contributed by atoms with Crippen LogP contribution in [0.3, 0.4) is 0 Å². The molecule has 7 heteroatoms. The standard InChI is InChI=1S/C19H19N5O2/c1-19(18-22-16(23-26-18)14-6-3-2-4-7-14)8-5-11-24(13-19)17(25)15-12-20-9-10-21-15/h2-4,6-7,9-10,12H,5,8,11,13H2,1H3/t19-/m1/s1. The molecule has 0 saturated carbocycles. The van der Waals surface area contributed by atoms with Crippen LogP contribution in [0.25, 0.3) is 11.4 Å². The molecule has 1 aliphatic rings. The smallest absolute Gasteiger partial charge is 0.274 e. The van der Waals surface area contributed by atoms with Crippen molar-refractivity contribution >= 4 is 5.91 Å². The molecular weight excluding hydrogens is 330 g/mol. The topological polar surface area (TPSA) is 85.0 Å². The van der Waals surface area contributed by atoms with Crippen LogP contribution in [0.4, 0.5) is 0 Å². The Labute approximate surface area is 151 Å². The van der Waals surface area contributed by atoms with E-state index in [0.717, 1.165) is 18.4 Å². The van der Waals surface area contributed by atoms with Crippen LogP contribution >= 0.6 is 0 Å². The van der Waals surface area contributed by atoms with Gasteiger partial charge in [-0.05, 0) is 19.8 Å². The predicted octanol–water partition coefficient (Wildman–Crippen LogP) is 2.72. The number of hydrogen-bond acceptors (Lipinski definition) is 6. The van der Waals surface area contributed by atoms with Gasteiger partial charge in [0.2, 0.25) is 11.7 Å². The molecular formula is C19H19N5O2. The second kappa shape index (κ2) is 6.67. The van der Waals surface area contributed by atoms with Crippen LogP contribution < -0.4 is 0 Å². The van der Waals surface area contributed by atoms with Crippen molar-refractivity contribution in [3.63, 3.8) is 0 Å². The first kappa shape index (κ1) is 16.4. The fourth-order valence-electron chi connectivity index (χ4n) is 3.33. The molecule has 132 valence electrons. The Morgan fingerprint density at radius 1 is 1.23 bits per heavy atom. The van der Waals surface area contributed by atoms with Gasteiger partial charge in [0.15, 0.2) is 0 Å². The minimum Gasteiger partial charge on any atom is -0.338 e. The SMILES string of the molecule is C[C@@]1(c2nc(-c3ccccc3)no2)CCCN(C(=O)c2cnccn2)C1. The minimum absolute atomic E-state index is 0.119. The molecule has 1 amide bonds. The molecule has 1 atom stereocenters. The van der Waals surface area contributed by atoms with E-state index in [1.165, 1.54) is 12.4 Å². The first-order valence-electron chi connectivity index (χ1n) is 8.61. The number of carbonyl (C=O) groups excluding carboxylic acids is 1. The lowest BCUT2D eigenvalue weighted by atomic mass is 9.81. The summed E-state index contributed by atoms with van der Waals surface area (Å²) < 4.78 is 5.57. The summed E-state index contributed by atoms with van der Waals surface area (Å²) in [5.74, 6) is 1.01. The van der Waals surface area contributed by atoms with Crippen molar-refractivity contribution in [3.8, 4) is 11.4 Å². The second-order valence-electron chi connectivity index (χ2n) is 6.77. The van der Waals surface area contributed by atoms with Crippen LogP contribution in [-0.4, -0.2) is 44.0 Å². The molecule has 2 aromatic heterocycles. The summed E-state index contributed by atoms with van der Waals surface area (Å²) in [4.78, 5) is 27.2. The zero-order valence-corrected chi connectivity index (χ0v) is 14.5. The third kappa shape index (κ3) is 3.08. The van der Waals surface area contributed by atoms with Gasteiger partial charge >= 0.3 is 0 Å². The van der Waals surface area contributed by atoms with Crippen molar-refractivity contribution < 1.29 is 9.32 Å². The zero-order valence-electron chi connectivity index (χ0n) is 14.5. The van der Waals surface area contributed by atoms with Crippen LogP contribution in [0.5, 0.6) is 0 Å². The van der Waals surface area contributed by atoms with Crippen LogP contribution in [0.1, 0.15) is 36.1 Å². The summed E-state index contributed by atoms with van der Waals surface area (Å²) in [6.45, 7) is 3.26. The third-order valence-electron chi connectivity index (χ3n) is 4.74. The average molecular weight is 349 g/mol. The molecule has 1 fully saturated rings. The van der Waals surface area contributed by atoms with Crippen molar-refractivity contribution in [2.75, 3.05) is 13.1 Å². The Hall–Kier alpha value is -3.09. The van der Waals surface area contributed by atoms with Crippen LogP contribution in [-0.2, 0) is 5.41 Å². The van der Waals surface area contributed by atoms with E-state index in [4.69, 9.17) is 4.52 Å². The molecule has 0 bridgehead atoms. The highest BCUT2D eigenvalue weighted by Crippen LogP contribution is 2.34. The summed E-state index contributed by atoms with van der Waals surface area (Å²) in [5, 5.41) is 4.12. The summed E-state index contributed by atoms with van der Waals surface area (Å²) in [6, 6.07) is 9.72. The van der Waals surface area contributed by atoms with E-state index in [1.54, 1.807) is 11.1 Å². The van der Waals surface area contributed by atoms with E-state index in [-0.39, 0.29) is 11.3 Å².